The molecule has 0 aliphatic heterocycles. The minimum atomic E-state index is -0.153. The fraction of sp³-hybridized carbons (Fsp3) is 0.875. The van der Waals surface area contributed by atoms with Gasteiger partial charge in [-0.15, -0.1) is 0 Å². The van der Waals surface area contributed by atoms with Crippen LogP contribution in [0, 0.1) is 0 Å². The third kappa shape index (κ3) is 14.5. The van der Waals surface area contributed by atoms with Gasteiger partial charge in [-0.2, -0.15) is 0 Å². The molecule has 0 aliphatic carbocycles. The maximum absolute atomic E-state index is 10.4. The Balaban J connectivity index is 0. The number of quaternary nitrogens is 1. The number of carbonyl (C=O) groups is 1. The van der Waals surface area contributed by atoms with Crippen molar-refractivity contribution in [1.29, 1.82) is 0 Å². The Bertz CT molecular complexity index is 146. The highest BCUT2D eigenvalue weighted by molar-refractivity contribution is 5.71. The molecule has 0 aromatic heterocycles. The van der Waals surface area contributed by atoms with E-state index in [0.717, 1.165) is 17.4 Å². The molecule has 0 aromatic rings. The lowest BCUT2D eigenvalue weighted by atomic mass is 10.4. The molecule has 0 fully saturated rings. The van der Waals surface area contributed by atoms with Gasteiger partial charge < -0.3 is 16.9 Å². The van der Waals surface area contributed by atoms with E-state index >= 15 is 0 Å². The third-order valence-corrected chi connectivity index (χ3v) is 1.29. The minimum absolute atomic E-state index is 0. The van der Waals surface area contributed by atoms with E-state index in [1.54, 1.807) is 0 Å². The number of hydroxylamine groups is 1. The third-order valence-electron chi connectivity index (χ3n) is 1.29. The van der Waals surface area contributed by atoms with E-state index in [0.29, 0.717) is 6.61 Å². The lowest BCUT2D eigenvalue weighted by Crippen LogP contribution is -3.00. The molecule has 0 atom stereocenters. The predicted octanol–water partition coefficient (Wildman–Crippen LogP) is -2.85. The maximum atomic E-state index is 10.4. The molecule has 0 bridgehead atoms. The molecule has 80 valence electrons. The molecule has 0 radical (unpaired) electrons. The fourth-order valence-corrected chi connectivity index (χ4v) is 0.764. The molecule has 0 aliphatic rings. The van der Waals surface area contributed by atoms with Gasteiger partial charge in [-0.05, 0) is 0 Å². The summed E-state index contributed by atoms with van der Waals surface area (Å²) in [7, 11) is 6.37. The molecule has 5 heteroatoms. The van der Waals surface area contributed by atoms with E-state index < -0.39 is 0 Å². The lowest BCUT2D eigenvalue weighted by molar-refractivity contribution is -0.870. The number of halogens is 1. The van der Waals surface area contributed by atoms with Gasteiger partial charge >= 0.3 is 0 Å². The summed E-state index contributed by atoms with van der Waals surface area (Å²) in [5.41, 5.74) is 2.29. The van der Waals surface area contributed by atoms with Gasteiger partial charge in [-0.1, -0.05) is 0 Å². The molecule has 0 spiro atoms. The first-order valence-corrected chi connectivity index (χ1v) is 4.10. The Morgan fingerprint density at radius 3 is 2.31 bits per heavy atom. The molecule has 13 heavy (non-hydrogen) atoms. The van der Waals surface area contributed by atoms with Crippen LogP contribution in [0.5, 0.6) is 0 Å². The summed E-state index contributed by atoms with van der Waals surface area (Å²) in [6, 6.07) is 0. The van der Waals surface area contributed by atoms with Gasteiger partial charge in [-0.3, -0.25) is 9.63 Å². The first kappa shape index (κ1) is 15.2. The first-order valence-electron chi connectivity index (χ1n) is 4.10. The zero-order chi connectivity index (χ0) is 9.61. The predicted molar refractivity (Wildman–Crippen MR) is 47.3 cm³/mol. The van der Waals surface area contributed by atoms with Crippen LogP contribution in [-0.4, -0.2) is 44.7 Å². The van der Waals surface area contributed by atoms with Crippen molar-refractivity contribution in [3.05, 3.63) is 0 Å². The second kappa shape index (κ2) is 7.12. The SMILES string of the molecule is CC(=O)NOCCC[N+](C)(C)C.[Cl-]. The Kier molecular flexibility index (Phi) is 8.30. The summed E-state index contributed by atoms with van der Waals surface area (Å²) in [5, 5.41) is 0. The van der Waals surface area contributed by atoms with Gasteiger partial charge in [0.1, 0.15) is 0 Å². The summed E-state index contributed by atoms with van der Waals surface area (Å²) in [4.78, 5) is 15.2. The molecular formula is C8H19ClN2O2. The van der Waals surface area contributed by atoms with Crippen LogP contribution in [0.15, 0.2) is 0 Å². The van der Waals surface area contributed by atoms with Gasteiger partial charge in [0.25, 0.3) is 0 Å². The molecular weight excluding hydrogens is 192 g/mol. The Morgan fingerprint density at radius 1 is 1.38 bits per heavy atom. The van der Waals surface area contributed by atoms with Crippen LogP contribution < -0.4 is 17.9 Å². The van der Waals surface area contributed by atoms with Crippen LogP contribution in [0.3, 0.4) is 0 Å². The highest BCUT2D eigenvalue weighted by Crippen LogP contribution is 1.92. The van der Waals surface area contributed by atoms with Crippen molar-refractivity contribution in [2.75, 3.05) is 34.3 Å². The summed E-state index contributed by atoms with van der Waals surface area (Å²) < 4.78 is 0.920. The van der Waals surface area contributed by atoms with E-state index in [9.17, 15) is 4.79 Å². The van der Waals surface area contributed by atoms with Crippen LogP contribution in [0.25, 0.3) is 0 Å². The highest BCUT2D eigenvalue weighted by Gasteiger charge is 2.05. The van der Waals surface area contributed by atoms with E-state index in [2.05, 4.69) is 26.6 Å². The van der Waals surface area contributed by atoms with Gasteiger partial charge in [-0.25, -0.2) is 5.48 Å². The van der Waals surface area contributed by atoms with E-state index in [1.165, 1.54) is 6.92 Å². The topological polar surface area (TPSA) is 38.3 Å². The molecule has 4 nitrogen and oxygen atoms in total. The van der Waals surface area contributed by atoms with Crippen LogP contribution in [-0.2, 0) is 9.63 Å². The Hall–Kier alpha value is -0.320. The van der Waals surface area contributed by atoms with Crippen molar-refractivity contribution < 1.29 is 26.5 Å². The van der Waals surface area contributed by atoms with Crippen LogP contribution in [0.4, 0.5) is 0 Å². The monoisotopic (exact) mass is 210 g/mol. The maximum Gasteiger partial charge on any atom is 0.240 e. The molecule has 0 heterocycles. The fourth-order valence-electron chi connectivity index (χ4n) is 0.764. The van der Waals surface area contributed by atoms with Crippen molar-refractivity contribution in [3.63, 3.8) is 0 Å². The molecule has 1 N–H and O–H groups in total. The summed E-state index contributed by atoms with van der Waals surface area (Å²) in [6.07, 6.45) is 0.948. The smallest absolute Gasteiger partial charge is 0.240 e. The van der Waals surface area contributed by atoms with Crippen molar-refractivity contribution in [2.24, 2.45) is 0 Å². The largest absolute Gasteiger partial charge is 1.00 e. The average molecular weight is 211 g/mol. The Labute approximate surface area is 86.2 Å². The number of carbonyl (C=O) groups excluding carboxylic acids is 1. The number of nitrogens with one attached hydrogen (secondary N) is 1. The molecule has 0 saturated heterocycles. The van der Waals surface area contributed by atoms with E-state index in [1.807, 2.05) is 0 Å². The quantitative estimate of drug-likeness (QED) is 0.302. The normalized spacial score (nSPS) is 10.5. The zero-order valence-electron chi connectivity index (χ0n) is 8.76. The summed E-state index contributed by atoms with van der Waals surface area (Å²) in [6.45, 7) is 3.05. The lowest BCUT2D eigenvalue weighted by Gasteiger charge is -2.23. The molecule has 0 aromatic carbocycles. The zero-order valence-corrected chi connectivity index (χ0v) is 9.52. The van der Waals surface area contributed by atoms with E-state index in [4.69, 9.17) is 4.84 Å². The van der Waals surface area contributed by atoms with Crippen LogP contribution >= 0.6 is 0 Å². The number of nitrogens with zero attached hydrogens (tertiary/aromatic N) is 1. The molecule has 0 rings (SSSR count). The number of hydrogen-bond acceptors (Lipinski definition) is 2. The van der Waals surface area contributed by atoms with Crippen molar-refractivity contribution in [3.8, 4) is 0 Å². The van der Waals surface area contributed by atoms with Crippen molar-refractivity contribution >= 4 is 5.91 Å². The minimum Gasteiger partial charge on any atom is -1.00 e. The van der Waals surface area contributed by atoms with Crippen molar-refractivity contribution in [1.82, 2.24) is 5.48 Å². The number of hydrogen-bond donors (Lipinski definition) is 1. The summed E-state index contributed by atoms with van der Waals surface area (Å²) in [5.74, 6) is -0.153. The van der Waals surface area contributed by atoms with Crippen LogP contribution in [0.2, 0.25) is 0 Å². The van der Waals surface area contributed by atoms with Gasteiger partial charge in [0.2, 0.25) is 5.91 Å². The number of rotatable bonds is 5. The Morgan fingerprint density at radius 2 is 1.92 bits per heavy atom. The molecule has 0 saturated carbocycles. The van der Waals surface area contributed by atoms with Crippen molar-refractivity contribution in [2.45, 2.75) is 13.3 Å². The van der Waals surface area contributed by atoms with Gasteiger partial charge in [0, 0.05) is 13.3 Å². The van der Waals surface area contributed by atoms with Gasteiger partial charge in [0.15, 0.2) is 0 Å². The second-order valence-corrected chi connectivity index (χ2v) is 3.87. The highest BCUT2D eigenvalue weighted by atomic mass is 35.5. The second-order valence-electron chi connectivity index (χ2n) is 3.87. The van der Waals surface area contributed by atoms with Crippen LogP contribution in [0.1, 0.15) is 13.3 Å². The van der Waals surface area contributed by atoms with Gasteiger partial charge in [0.05, 0.1) is 34.3 Å². The molecule has 1 amide bonds. The molecule has 0 unspecified atom stereocenters. The first-order chi connectivity index (χ1) is 5.42. The standard InChI is InChI=1S/C8H18N2O2.ClH/c1-8(11)9-12-7-5-6-10(2,3)4;/h5-7H2,1-4H3;1H. The van der Waals surface area contributed by atoms with E-state index in [-0.39, 0.29) is 18.3 Å². The average Bonchev–Trinajstić information content (AvgIpc) is 1.83. The number of amides is 1. The summed E-state index contributed by atoms with van der Waals surface area (Å²) >= 11 is 0.